The summed E-state index contributed by atoms with van der Waals surface area (Å²) in [6.45, 7) is 5.90. The molecule has 1 heterocycles. The molecule has 0 amide bonds. The van der Waals surface area contributed by atoms with Crippen LogP contribution >= 0.6 is 0 Å². The normalized spacial score (nSPS) is 10.9. The predicted molar refractivity (Wildman–Crippen MR) is 116 cm³/mol. The van der Waals surface area contributed by atoms with Crippen LogP contribution in [0.15, 0.2) is 60.7 Å². The molecule has 1 aromatic heterocycles. The van der Waals surface area contributed by atoms with Gasteiger partial charge in [0.2, 0.25) is 0 Å². The summed E-state index contributed by atoms with van der Waals surface area (Å²) in [5.74, 6) is 2.77. The zero-order chi connectivity index (χ0) is 19.8. The van der Waals surface area contributed by atoms with E-state index in [0.29, 0.717) is 11.7 Å². The highest BCUT2D eigenvalue weighted by Gasteiger charge is 2.08. The third-order valence-electron chi connectivity index (χ3n) is 4.44. The number of nitrogens with zero attached hydrogens (tertiary/aromatic N) is 2. The smallest absolute Gasteiger partial charge is 0.163 e. The molecule has 3 rings (SSSR count). The lowest BCUT2D eigenvalue weighted by molar-refractivity contribution is 0.198. The van der Waals surface area contributed by atoms with Crippen LogP contribution in [0, 0.1) is 0 Å². The molecule has 3 aromatic rings. The lowest BCUT2D eigenvalue weighted by Gasteiger charge is -2.12. The van der Waals surface area contributed by atoms with E-state index < -0.39 is 0 Å². The number of benzene rings is 2. The number of anilines is 3. The summed E-state index contributed by atoms with van der Waals surface area (Å²) >= 11 is 0. The molecule has 28 heavy (non-hydrogen) atoms. The molecular formula is C23H28N4O. The number of hydrogen-bond donors (Lipinski definition) is 2. The highest BCUT2D eigenvalue weighted by Crippen LogP contribution is 2.24. The molecule has 0 saturated carbocycles. The molecule has 0 fully saturated rings. The highest BCUT2D eigenvalue weighted by atomic mass is 16.5. The lowest BCUT2D eigenvalue weighted by Crippen LogP contribution is -2.08. The zero-order valence-corrected chi connectivity index (χ0v) is 16.8. The molecule has 0 aliphatic heterocycles. The van der Waals surface area contributed by atoms with E-state index in [9.17, 15) is 0 Å². The molecule has 0 aliphatic rings. The van der Waals surface area contributed by atoms with Crippen LogP contribution in [0.2, 0.25) is 0 Å². The molecule has 0 unspecified atom stereocenters. The molecule has 2 aromatic carbocycles. The Hall–Kier alpha value is -2.92. The van der Waals surface area contributed by atoms with E-state index in [1.54, 1.807) is 7.11 Å². The fourth-order valence-electron chi connectivity index (χ4n) is 2.85. The van der Waals surface area contributed by atoms with E-state index in [1.165, 1.54) is 5.56 Å². The van der Waals surface area contributed by atoms with Crippen molar-refractivity contribution in [3.05, 3.63) is 66.2 Å². The fraction of sp³-hybridized carbons (Fsp3) is 0.304. The average Bonchev–Trinajstić information content (AvgIpc) is 2.72. The van der Waals surface area contributed by atoms with Crippen molar-refractivity contribution >= 4 is 17.3 Å². The van der Waals surface area contributed by atoms with E-state index in [1.807, 2.05) is 36.4 Å². The van der Waals surface area contributed by atoms with Crippen LogP contribution < -0.4 is 10.6 Å². The van der Waals surface area contributed by atoms with Crippen molar-refractivity contribution in [1.82, 2.24) is 9.97 Å². The molecule has 2 N–H and O–H groups in total. The van der Waals surface area contributed by atoms with Crippen molar-refractivity contribution in [3.63, 3.8) is 0 Å². The van der Waals surface area contributed by atoms with Crippen molar-refractivity contribution in [2.24, 2.45) is 0 Å². The van der Waals surface area contributed by atoms with Crippen molar-refractivity contribution in [2.75, 3.05) is 30.9 Å². The maximum absolute atomic E-state index is 5.12. The van der Waals surface area contributed by atoms with Crippen LogP contribution in [0.5, 0.6) is 0 Å². The third kappa shape index (κ3) is 5.54. The Bertz CT molecular complexity index is 864. The SMILES string of the molecule is COCCCNc1cc(Nc2ccc(C(C)C)cc2)nc(-c2ccccc2)n1. The Morgan fingerprint density at radius 1 is 0.929 bits per heavy atom. The number of nitrogens with one attached hydrogen (secondary N) is 2. The van der Waals surface area contributed by atoms with Gasteiger partial charge in [-0.3, -0.25) is 0 Å². The van der Waals surface area contributed by atoms with Crippen LogP contribution in [0.1, 0.15) is 31.7 Å². The van der Waals surface area contributed by atoms with Gasteiger partial charge in [-0.25, -0.2) is 9.97 Å². The number of aromatic nitrogens is 2. The molecule has 0 bridgehead atoms. The summed E-state index contributed by atoms with van der Waals surface area (Å²) < 4.78 is 5.12. The first-order valence-corrected chi connectivity index (χ1v) is 9.70. The van der Waals surface area contributed by atoms with Gasteiger partial charge in [0.1, 0.15) is 11.6 Å². The predicted octanol–water partition coefficient (Wildman–Crippen LogP) is 5.46. The van der Waals surface area contributed by atoms with Crippen LogP contribution in [-0.4, -0.2) is 30.2 Å². The van der Waals surface area contributed by atoms with Crippen LogP contribution in [0.25, 0.3) is 11.4 Å². The van der Waals surface area contributed by atoms with Gasteiger partial charge < -0.3 is 15.4 Å². The minimum absolute atomic E-state index is 0.515. The van der Waals surface area contributed by atoms with Gasteiger partial charge in [-0.2, -0.15) is 0 Å². The summed E-state index contributed by atoms with van der Waals surface area (Å²) in [4.78, 5) is 9.39. The van der Waals surface area contributed by atoms with Gasteiger partial charge in [0, 0.05) is 37.6 Å². The van der Waals surface area contributed by atoms with Gasteiger partial charge in [0.25, 0.3) is 0 Å². The summed E-state index contributed by atoms with van der Waals surface area (Å²) in [5, 5.41) is 6.78. The van der Waals surface area contributed by atoms with Gasteiger partial charge >= 0.3 is 0 Å². The first-order chi connectivity index (χ1) is 13.7. The van der Waals surface area contributed by atoms with E-state index in [0.717, 1.165) is 42.5 Å². The molecule has 146 valence electrons. The Balaban J connectivity index is 1.83. The van der Waals surface area contributed by atoms with Gasteiger partial charge in [0.05, 0.1) is 0 Å². The summed E-state index contributed by atoms with van der Waals surface area (Å²) in [6, 6.07) is 20.4. The van der Waals surface area contributed by atoms with E-state index in [-0.39, 0.29) is 0 Å². The van der Waals surface area contributed by atoms with Crippen LogP contribution in [0.3, 0.4) is 0 Å². The van der Waals surface area contributed by atoms with E-state index in [4.69, 9.17) is 9.72 Å². The first kappa shape index (κ1) is 19.8. The second-order valence-corrected chi connectivity index (χ2v) is 7.00. The summed E-state index contributed by atoms with van der Waals surface area (Å²) in [5.41, 5.74) is 3.31. The summed E-state index contributed by atoms with van der Waals surface area (Å²) in [6.07, 6.45) is 0.917. The minimum atomic E-state index is 0.515. The number of rotatable bonds is 9. The molecule has 0 radical (unpaired) electrons. The van der Waals surface area contributed by atoms with E-state index in [2.05, 4.69) is 53.7 Å². The number of methoxy groups -OCH3 is 1. The Morgan fingerprint density at radius 2 is 1.64 bits per heavy atom. The maximum atomic E-state index is 5.12. The number of hydrogen-bond acceptors (Lipinski definition) is 5. The van der Waals surface area contributed by atoms with Gasteiger partial charge in [-0.1, -0.05) is 56.3 Å². The monoisotopic (exact) mass is 376 g/mol. The lowest BCUT2D eigenvalue weighted by atomic mass is 10.0. The van der Waals surface area contributed by atoms with Crippen molar-refractivity contribution in [3.8, 4) is 11.4 Å². The first-order valence-electron chi connectivity index (χ1n) is 9.70. The third-order valence-corrected chi connectivity index (χ3v) is 4.44. The Morgan fingerprint density at radius 3 is 2.32 bits per heavy atom. The second kappa shape index (κ2) is 9.85. The van der Waals surface area contributed by atoms with Gasteiger partial charge in [-0.15, -0.1) is 0 Å². The van der Waals surface area contributed by atoms with Gasteiger partial charge in [-0.05, 0) is 30.0 Å². The zero-order valence-electron chi connectivity index (χ0n) is 16.8. The Labute approximate surface area is 167 Å². The van der Waals surface area contributed by atoms with Crippen LogP contribution in [-0.2, 0) is 4.74 Å². The Kier molecular flexibility index (Phi) is 6.98. The number of ether oxygens (including phenoxy) is 1. The maximum Gasteiger partial charge on any atom is 0.163 e. The summed E-state index contributed by atoms with van der Waals surface area (Å²) in [7, 11) is 1.71. The minimum Gasteiger partial charge on any atom is -0.385 e. The van der Waals surface area contributed by atoms with Gasteiger partial charge in [0.15, 0.2) is 5.82 Å². The average molecular weight is 377 g/mol. The molecule has 0 aliphatic carbocycles. The molecule has 5 nitrogen and oxygen atoms in total. The second-order valence-electron chi connectivity index (χ2n) is 7.00. The van der Waals surface area contributed by atoms with Crippen molar-refractivity contribution < 1.29 is 4.74 Å². The highest BCUT2D eigenvalue weighted by molar-refractivity contribution is 5.65. The molecule has 0 atom stereocenters. The largest absolute Gasteiger partial charge is 0.385 e. The molecule has 5 heteroatoms. The van der Waals surface area contributed by atoms with Crippen molar-refractivity contribution in [1.29, 1.82) is 0 Å². The fourth-order valence-corrected chi connectivity index (χ4v) is 2.85. The standard InChI is InChI=1S/C23H28N4O/c1-17(2)18-10-12-20(13-11-18)25-22-16-21(24-14-7-15-28-3)26-23(27-22)19-8-5-4-6-9-19/h4-6,8-13,16-17H,7,14-15H2,1-3H3,(H2,24,25,26,27). The molecule has 0 saturated heterocycles. The van der Waals surface area contributed by atoms with Crippen LogP contribution in [0.4, 0.5) is 17.3 Å². The van der Waals surface area contributed by atoms with E-state index >= 15 is 0 Å². The quantitative estimate of drug-likeness (QED) is 0.486. The molecular weight excluding hydrogens is 348 g/mol. The van der Waals surface area contributed by atoms with Crippen molar-refractivity contribution in [2.45, 2.75) is 26.2 Å². The molecule has 0 spiro atoms. The topological polar surface area (TPSA) is 59.1 Å².